The van der Waals surface area contributed by atoms with Gasteiger partial charge in [-0.2, -0.15) is 4.98 Å². The van der Waals surface area contributed by atoms with Crippen LogP contribution in [0.5, 0.6) is 5.88 Å². The topological polar surface area (TPSA) is 102 Å². The predicted octanol–water partition coefficient (Wildman–Crippen LogP) is -0.465. The van der Waals surface area contributed by atoms with Crippen molar-refractivity contribution in [3.05, 3.63) is 30.1 Å². The lowest BCUT2D eigenvalue weighted by atomic mass is 10.2. The van der Waals surface area contributed by atoms with Gasteiger partial charge in [0.1, 0.15) is 12.3 Å². The number of aliphatic hydroxyl groups is 1. The molecule has 0 unspecified atom stereocenters. The van der Waals surface area contributed by atoms with Crippen molar-refractivity contribution < 1.29 is 14.6 Å². The van der Waals surface area contributed by atoms with Crippen LogP contribution in [-0.2, 0) is 0 Å². The molecular formula is C13H16N4O3. The van der Waals surface area contributed by atoms with Crippen LogP contribution in [0.15, 0.2) is 24.4 Å². The van der Waals surface area contributed by atoms with Gasteiger partial charge in [0, 0.05) is 6.20 Å². The molecule has 106 valence electrons. The Morgan fingerprint density at radius 1 is 1.60 bits per heavy atom. The molecule has 1 saturated heterocycles. The van der Waals surface area contributed by atoms with E-state index in [9.17, 15) is 9.90 Å². The SMILES string of the molecule is NC(=O)c1c(OC[C@H]2NCC[C@@H]2O)nc2ccccn12. The monoisotopic (exact) mass is 276 g/mol. The number of nitrogens with one attached hydrogen (secondary N) is 1. The molecule has 7 nitrogen and oxygen atoms in total. The van der Waals surface area contributed by atoms with Crippen LogP contribution in [0.25, 0.3) is 5.65 Å². The number of ether oxygens (including phenoxy) is 1. The van der Waals surface area contributed by atoms with Gasteiger partial charge in [0.05, 0.1) is 12.1 Å². The highest BCUT2D eigenvalue weighted by atomic mass is 16.5. The van der Waals surface area contributed by atoms with E-state index in [4.69, 9.17) is 10.5 Å². The second-order valence-electron chi connectivity index (χ2n) is 4.79. The van der Waals surface area contributed by atoms with Crippen molar-refractivity contribution in [1.29, 1.82) is 0 Å². The van der Waals surface area contributed by atoms with E-state index in [1.165, 1.54) is 0 Å². The fraction of sp³-hybridized carbons (Fsp3) is 0.385. The third-order valence-electron chi connectivity index (χ3n) is 3.44. The highest BCUT2D eigenvalue weighted by Crippen LogP contribution is 2.20. The van der Waals surface area contributed by atoms with Crippen molar-refractivity contribution in [3.63, 3.8) is 0 Å². The molecule has 0 bridgehead atoms. The quantitative estimate of drug-likeness (QED) is 0.701. The first kappa shape index (κ1) is 12.9. The molecule has 2 atom stereocenters. The number of carbonyl (C=O) groups is 1. The third-order valence-corrected chi connectivity index (χ3v) is 3.44. The number of imidazole rings is 1. The second-order valence-corrected chi connectivity index (χ2v) is 4.79. The molecule has 1 aliphatic heterocycles. The number of fused-ring (bicyclic) bond motifs is 1. The number of aliphatic hydroxyl groups excluding tert-OH is 1. The van der Waals surface area contributed by atoms with Crippen LogP contribution in [0.3, 0.4) is 0 Å². The summed E-state index contributed by atoms with van der Waals surface area (Å²) in [5, 5.41) is 12.9. The maximum atomic E-state index is 11.6. The minimum atomic E-state index is -0.598. The Morgan fingerprint density at radius 2 is 2.45 bits per heavy atom. The van der Waals surface area contributed by atoms with Crippen molar-refractivity contribution in [1.82, 2.24) is 14.7 Å². The summed E-state index contributed by atoms with van der Waals surface area (Å²) in [6.45, 7) is 0.994. The number of carbonyl (C=O) groups excluding carboxylic acids is 1. The number of hydrogen-bond donors (Lipinski definition) is 3. The Hall–Kier alpha value is -2.12. The molecule has 0 aliphatic carbocycles. The number of primary amides is 1. The number of pyridine rings is 1. The number of amides is 1. The van der Waals surface area contributed by atoms with E-state index < -0.39 is 12.0 Å². The molecule has 0 saturated carbocycles. The lowest BCUT2D eigenvalue weighted by molar-refractivity contribution is 0.0985. The second kappa shape index (κ2) is 5.10. The van der Waals surface area contributed by atoms with Crippen molar-refractivity contribution in [2.75, 3.05) is 13.2 Å². The third kappa shape index (κ3) is 2.21. The average Bonchev–Trinajstić information content (AvgIpc) is 2.99. The summed E-state index contributed by atoms with van der Waals surface area (Å²) in [5.41, 5.74) is 6.20. The van der Waals surface area contributed by atoms with E-state index in [0.717, 1.165) is 6.54 Å². The van der Waals surface area contributed by atoms with Gasteiger partial charge >= 0.3 is 0 Å². The van der Waals surface area contributed by atoms with Crippen LogP contribution in [0, 0.1) is 0 Å². The first-order chi connectivity index (χ1) is 9.66. The van der Waals surface area contributed by atoms with E-state index in [1.807, 2.05) is 6.07 Å². The molecule has 2 aromatic rings. The van der Waals surface area contributed by atoms with E-state index in [2.05, 4.69) is 10.3 Å². The average molecular weight is 276 g/mol. The van der Waals surface area contributed by atoms with Gasteiger partial charge in [-0.3, -0.25) is 9.20 Å². The molecule has 2 aromatic heterocycles. The molecule has 0 radical (unpaired) electrons. The summed E-state index contributed by atoms with van der Waals surface area (Å²) < 4.78 is 7.18. The Balaban J connectivity index is 1.87. The molecule has 7 heteroatoms. The molecule has 3 rings (SSSR count). The molecule has 3 heterocycles. The zero-order chi connectivity index (χ0) is 14.1. The van der Waals surface area contributed by atoms with Crippen LogP contribution in [0.1, 0.15) is 16.9 Å². The number of aromatic nitrogens is 2. The first-order valence-corrected chi connectivity index (χ1v) is 6.48. The van der Waals surface area contributed by atoms with Crippen molar-refractivity contribution in [2.24, 2.45) is 5.73 Å². The minimum Gasteiger partial charge on any atom is -0.474 e. The van der Waals surface area contributed by atoms with Crippen LogP contribution >= 0.6 is 0 Å². The number of nitrogens with two attached hydrogens (primary N) is 1. The summed E-state index contributed by atoms with van der Waals surface area (Å²) in [7, 11) is 0. The lowest BCUT2D eigenvalue weighted by Crippen LogP contribution is -2.36. The minimum absolute atomic E-state index is 0.152. The fourth-order valence-corrected chi connectivity index (χ4v) is 2.39. The lowest BCUT2D eigenvalue weighted by Gasteiger charge is -2.14. The summed E-state index contributed by atoms with van der Waals surface area (Å²) in [5.74, 6) is -0.400. The summed E-state index contributed by atoms with van der Waals surface area (Å²) in [6.07, 6.45) is 1.96. The van der Waals surface area contributed by atoms with Gasteiger partial charge in [0.2, 0.25) is 5.88 Å². The van der Waals surface area contributed by atoms with Gasteiger partial charge in [-0.05, 0) is 25.1 Å². The number of rotatable bonds is 4. The fourth-order valence-electron chi connectivity index (χ4n) is 2.39. The van der Waals surface area contributed by atoms with Gasteiger partial charge in [-0.1, -0.05) is 6.07 Å². The van der Waals surface area contributed by atoms with E-state index in [1.54, 1.807) is 22.7 Å². The Bertz CT molecular complexity index is 640. The largest absolute Gasteiger partial charge is 0.474 e. The Labute approximate surface area is 115 Å². The van der Waals surface area contributed by atoms with Gasteiger partial charge in [-0.25, -0.2) is 0 Å². The summed E-state index contributed by atoms with van der Waals surface area (Å²) in [6, 6.07) is 5.22. The van der Waals surface area contributed by atoms with E-state index in [0.29, 0.717) is 12.1 Å². The molecule has 20 heavy (non-hydrogen) atoms. The van der Waals surface area contributed by atoms with Gasteiger partial charge in [-0.15, -0.1) is 0 Å². The van der Waals surface area contributed by atoms with Crippen LogP contribution in [-0.4, -0.2) is 45.7 Å². The molecule has 1 amide bonds. The van der Waals surface area contributed by atoms with Crippen molar-refractivity contribution in [2.45, 2.75) is 18.6 Å². The normalized spacial score (nSPS) is 22.2. The highest BCUT2D eigenvalue weighted by Gasteiger charge is 2.26. The van der Waals surface area contributed by atoms with Crippen LogP contribution in [0.4, 0.5) is 0 Å². The molecule has 4 N–H and O–H groups in total. The van der Waals surface area contributed by atoms with Gasteiger partial charge < -0.3 is 20.9 Å². The predicted molar refractivity (Wildman–Crippen MR) is 71.6 cm³/mol. The van der Waals surface area contributed by atoms with Crippen molar-refractivity contribution >= 4 is 11.6 Å². The zero-order valence-corrected chi connectivity index (χ0v) is 10.8. The molecule has 0 spiro atoms. The standard InChI is InChI=1S/C13H16N4O3/c14-12(19)11-13(16-10-3-1-2-6-17(10)11)20-7-8-9(18)4-5-15-8/h1-3,6,8-9,15,18H,4-5,7H2,(H2,14,19)/t8-,9+/m1/s1. The Kier molecular flexibility index (Phi) is 3.29. The van der Waals surface area contributed by atoms with Gasteiger partial charge in [0.25, 0.3) is 5.91 Å². The molecule has 1 aliphatic rings. The molecule has 1 fully saturated rings. The molecule has 0 aromatic carbocycles. The Morgan fingerprint density at radius 3 is 3.15 bits per heavy atom. The maximum absolute atomic E-state index is 11.6. The van der Waals surface area contributed by atoms with E-state index in [-0.39, 0.29) is 24.2 Å². The van der Waals surface area contributed by atoms with E-state index >= 15 is 0 Å². The zero-order valence-electron chi connectivity index (χ0n) is 10.8. The maximum Gasteiger partial charge on any atom is 0.271 e. The summed E-state index contributed by atoms with van der Waals surface area (Å²) >= 11 is 0. The van der Waals surface area contributed by atoms with Crippen molar-refractivity contribution in [3.8, 4) is 5.88 Å². The van der Waals surface area contributed by atoms with Crippen LogP contribution in [0.2, 0.25) is 0 Å². The van der Waals surface area contributed by atoms with Gasteiger partial charge in [0.15, 0.2) is 5.69 Å². The first-order valence-electron chi connectivity index (χ1n) is 6.48. The smallest absolute Gasteiger partial charge is 0.271 e. The molecular weight excluding hydrogens is 260 g/mol. The summed E-state index contributed by atoms with van der Waals surface area (Å²) in [4.78, 5) is 15.8. The van der Waals surface area contributed by atoms with Crippen LogP contribution < -0.4 is 15.8 Å². The highest BCUT2D eigenvalue weighted by molar-refractivity contribution is 5.94. The number of hydrogen-bond acceptors (Lipinski definition) is 5. The number of nitrogens with zero attached hydrogens (tertiary/aromatic N) is 2.